The topological polar surface area (TPSA) is 72.7 Å². The first-order valence-corrected chi connectivity index (χ1v) is 11.0. The van der Waals surface area contributed by atoms with Gasteiger partial charge in [-0.15, -0.1) is 0 Å². The van der Waals surface area contributed by atoms with Crippen molar-refractivity contribution in [2.45, 2.75) is 25.6 Å². The largest absolute Gasteiger partial charge is 0.497 e. The summed E-state index contributed by atoms with van der Waals surface area (Å²) < 4.78 is 16.1. The lowest BCUT2D eigenvalue weighted by atomic mass is 10.0. The highest BCUT2D eigenvalue weighted by atomic mass is 32.2. The number of amides is 1. The van der Waals surface area contributed by atoms with E-state index in [2.05, 4.69) is 4.99 Å². The molecule has 1 unspecified atom stereocenters. The summed E-state index contributed by atoms with van der Waals surface area (Å²) in [7, 11) is 4.83. The maximum atomic E-state index is 12.8. The highest BCUT2D eigenvalue weighted by molar-refractivity contribution is 8.13. The summed E-state index contributed by atoms with van der Waals surface area (Å²) in [5.74, 6) is 3.24. The van der Waals surface area contributed by atoms with Crippen molar-refractivity contribution in [1.29, 1.82) is 0 Å². The predicted molar refractivity (Wildman–Crippen MR) is 123 cm³/mol. The van der Waals surface area contributed by atoms with Gasteiger partial charge in [-0.25, -0.2) is 4.99 Å². The van der Waals surface area contributed by atoms with Gasteiger partial charge in [0.2, 0.25) is 0 Å². The molecule has 31 heavy (non-hydrogen) atoms. The monoisotopic (exact) mass is 439 g/mol. The van der Waals surface area contributed by atoms with Gasteiger partial charge < -0.3 is 14.2 Å². The van der Waals surface area contributed by atoms with E-state index in [9.17, 15) is 4.79 Å². The van der Waals surface area contributed by atoms with E-state index in [1.165, 1.54) is 0 Å². The molecule has 2 aliphatic heterocycles. The number of ether oxygens (including phenoxy) is 3. The smallest absolute Gasteiger partial charge is 0.271 e. The van der Waals surface area contributed by atoms with E-state index in [4.69, 9.17) is 19.2 Å². The van der Waals surface area contributed by atoms with Gasteiger partial charge in [0.05, 0.1) is 27.0 Å². The van der Waals surface area contributed by atoms with Gasteiger partial charge in [0, 0.05) is 17.4 Å². The summed E-state index contributed by atoms with van der Waals surface area (Å²) in [6, 6.07) is 11.2. The molecule has 0 saturated heterocycles. The standard InChI is InChI=1S/C23H25N3O4S/c1-13(2)20-22(27)25-21-16-10-18(29-4)19(30-5)11-17(16)24-23(26(20)21)31-12-14-6-8-15(28-3)9-7-14/h6-11,13,20H,12H2,1-5H3. The van der Waals surface area contributed by atoms with Crippen LogP contribution in [0.2, 0.25) is 0 Å². The number of hydrogen-bond acceptors (Lipinski definition) is 7. The van der Waals surface area contributed by atoms with Crippen LogP contribution in [0.3, 0.4) is 0 Å². The Morgan fingerprint density at radius 1 is 1.00 bits per heavy atom. The molecular weight excluding hydrogens is 414 g/mol. The van der Waals surface area contributed by atoms with E-state index in [1.807, 2.05) is 55.1 Å². The molecule has 0 fully saturated rings. The van der Waals surface area contributed by atoms with E-state index in [0.717, 1.165) is 22.0 Å². The summed E-state index contributed by atoms with van der Waals surface area (Å²) in [5.41, 5.74) is 2.61. The number of carbonyl (C=O) groups excluding carboxylic acids is 1. The van der Waals surface area contributed by atoms with Gasteiger partial charge in [0.15, 0.2) is 16.7 Å². The van der Waals surface area contributed by atoms with Crippen molar-refractivity contribution in [3.05, 3.63) is 47.5 Å². The zero-order valence-electron chi connectivity index (χ0n) is 18.2. The van der Waals surface area contributed by atoms with Crippen molar-refractivity contribution >= 4 is 34.4 Å². The highest BCUT2D eigenvalue weighted by Gasteiger charge is 2.43. The number of hydrogen-bond donors (Lipinski definition) is 0. The van der Waals surface area contributed by atoms with E-state index >= 15 is 0 Å². The van der Waals surface area contributed by atoms with Crippen molar-refractivity contribution in [1.82, 2.24) is 4.90 Å². The Bertz CT molecular complexity index is 1060. The number of nitrogens with zero attached hydrogens (tertiary/aromatic N) is 3. The molecule has 0 aliphatic carbocycles. The van der Waals surface area contributed by atoms with E-state index in [1.54, 1.807) is 33.1 Å². The molecule has 0 N–H and O–H groups in total. The van der Waals surface area contributed by atoms with Gasteiger partial charge in [-0.05, 0) is 29.7 Å². The SMILES string of the molecule is COc1ccc(CSC2=Nc3cc(OC)c(OC)cc3C3=NC(=O)C(C(C)C)N23)cc1. The van der Waals surface area contributed by atoms with E-state index in [-0.39, 0.29) is 17.9 Å². The summed E-state index contributed by atoms with van der Waals surface area (Å²) in [6.45, 7) is 4.05. The van der Waals surface area contributed by atoms with Crippen molar-refractivity contribution in [2.24, 2.45) is 15.9 Å². The third-order valence-electron chi connectivity index (χ3n) is 5.30. The maximum absolute atomic E-state index is 12.8. The molecule has 2 heterocycles. The van der Waals surface area contributed by atoms with Gasteiger partial charge in [-0.1, -0.05) is 37.7 Å². The lowest BCUT2D eigenvalue weighted by molar-refractivity contribution is -0.120. The molecule has 1 atom stereocenters. The van der Waals surface area contributed by atoms with Crippen molar-refractivity contribution in [3.8, 4) is 17.2 Å². The second-order valence-corrected chi connectivity index (χ2v) is 8.53. The fourth-order valence-electron chi connectivity index (χ4n) is 3.72. The number of carbonyl (C=O) groups is 1. The normalized spacial score (nSPS) is 17.2. The summed E-state index contributed by atoms with van der Waals surface area (Å²) in [6.07, 6.45) is 0. The van der Waals surface area contributed by atoms with Gasteiger partial charge >= 0.3 is 0 Å². The molecule has 4 rings (SSSR count). The molecule has 8 heteroatoms. The molecule has 1 amide bonds. The molecule has 2 aromatic carbocycles. The summed E-state index contributed by atoms with van der Waals surface area (Å²) in [4.78, 5) is 24.1. The third kappa shape index (κ3) is 3.87. The molecule has 0 saturated carbocycles. The first-order valence-electron chi connectivity index (χ1n) is 9.99. The molecule has 0 aromatic heterocycles. The number of fused-ring (bicyclic) bond motifs is 3. The minimum Gasteiger partial charge on any atom is -0.497 e. The summed E-state index contributed by atoms with van der Waals surface area (Å²) in [5, 5.41) is 0.749. The van der Waals surface area contributed by atoms with Crippen LogP contribution in [0.25, 0.3) is 0 Å². The Morgan fingerprint density at radius 2 is 1.68 bits per heavy atom. The predicted octanol–water partition coefficient (Wildman–Crippen LogP) is 4.26. The molecule has 162 valence electrons. The fraction of sp³-hybridized carbons (Fsp3) is 0.348. The van der Waals surface area contributed by atoms with Gasteiger partial charge in [-0.3, -0.25) is 9.69 Å². The molecule has 2 aromatic rings. The second-order valence-electron chi connectivity index (χ2n) is 7.59. The Labute approximate surface area is 186 Å². The zero-order chi connectivity index (χ0) is 22.1. The second kappa shape index (κ2) is 8.63. The lowest BCUT2D eigenvalue weighted by Crippen LogP contribution is -2.46. The quantitative estimate of drug-likeness (QED) is 0.670. The van der Waals surface area contributed by atoms with Crippen LogP contribution in [0.15, 0.2) is 46.4 Å². The number of amidine groups is 2. The summed E-state index contributed by atoms with van der Waals surface area (Å²) >= 11 is 1.58. The maximum Gasteiger partial charge on any atom is 0.271 e. The Balaban J connectivity index is 1.74. The number of benzene rings is 2. The van der Waals surface area contributed by atoms with Crippen molar-refractivity contribution < 1.29 is 19.0 Å². The van der Waals surface area contributed by atoms with Crippen LogP contribution in [0.1, 0.15) is 25.0 Å². The molecular formula is C23H25N3O4S. The molecule has 0 radical (unpaired) electrons. The number of methoxy groups -OCH3 is 3. The van der Waals surface area contributed by atoms with Crippen molar-refractivity contribution in [2.75, 3.05) is 21.3 Å². The minimum atomic E-state index is -0.377. The van der Waals surface area contributed by atoms with E-state index < -0.39 is 0 Å². The number of rotatable bonds is 6. The Kier molecular flexibility index (Phi) is 5.91. The first-order chi connectivity index (χ1) is 15.0. The number of aliphatic imine (C=N–C) groups is 2. The van der Waals surface area contributed by atoms with Crippen molar-refractivity contribution in [3.63, 3.8) is 0 Å². The average molecular weight is 440 g/mol. The lowest BCUT2D eigenvalue weighted by Gasteiger charge is -2.33. The van der Waals surface area contributed by atoms with Gasteiger partial charge in [0.1, 0.15) is 17.6 Å². The fourth-order valence-corrected chi connectivity index (χ4v) is 4.71. The number of thioether (sulfide) groups is 1. The van der Waals surface area contributed by atoms with Gasteiger partial charge in [-0.2, -0.15) is 4.99 Å². The molecule has 0 bridgehead atoms. The van der Waals surface area contributed by atoms with Crippen LogP contribution in [0.4, 0.5) is 5.69 Å². The Morgan fingerprint density at radius 3 is 2.29 bits per heavy atom. The Hall–Kier alpha value is -3.00. The average Bonchev–Trinajstić information content (AvgIpc) is 3.14. The van der Waals surface area contributed by atoms with Crippen LogP contribution in [-0.2, 0) is 10.5 Å². The first kappa shape index (κ1) is 21.2. The third-order valence-corrected chi connectivity index (χ3v) is 6.32. The molecule has 0 spiro atoms. The van der Waals surface area contributed by atoms with Crippen LogP contribution < -0.4 is 14.2 Å². The van der Waals surface area contributed by atoms with Crippen LogP contribution in [0, 0.1) is 5.92 Å². The van der Waals surface area contributed by atoms with Crippen LogP contribution in [-0.4, -0.2) is 49.2 Å². The molecule has 7 nitrogen and oxygen atoms in total. The molecule has 2 aliphatic rings. The zero-order valence-corrected chi connectivity index (χ0v) is 19.0. The van der Waals surface area contributed by atoms with Crippen LogP contribution >= 0.6 is 11.8 Å². The van der Waals surface area contributed by atoms with Gasteiger partial charge in [0.25, 0.3) is 5.91 Å². The highest BCUT2D eigenvalue weighted by Crippen LogP contribution is 2.42. The van der Waals surface area contributed by atoms with Crippen LogP contribution in [0.5, 0.6) is 17.2 Å². The minimum absolute atomic E-state index is 0.0854. The van der Waals surface area contributed by atoms with E-state index in [0.29, 0.717) is 28.8 Å².